The van der Waals surface area contributed by atoms with Crippen LogP contribution >= 0.6 is 23.8 Å². The summed E-state index contributed by atoms with van der Waals surface area (Å²) in [5, 5.41) is 4.19. The van der Waals surface area contributed by atoms with E-state index in [1.807, 2.05) is 18.2 Å². The van der Waals surface area contributed by atoms with Crippen LogP contribution in [0.2, 0.25) is 5.02 Å². The maximum absolute atomic E-state index is 13.1. The zero-order chi connectivity index (χ0) is 22.7. The highest BCUT2D eigenvalue weighted by atomic mass is 35.5. The first-order valence-corrected chi connectivity index (χ1v) is 13.1. The van der Waals surface area contributed by atoms with E-state index in [1.54, 1.807) is 12.1 Å². The average molecular weight is 494 g/mol. The lowest BCUT2D eigenvalue weighted by Crippen LogP contribution is -2.42. The fraction of sp³-hybridized carbons (Fsp3) is 0.435. The minimum absolute atomic E-state index is 0.193. The molecule has 2 fully saturated rings. The highest BCUT2D eigenvalue weighted by Gasteiger charge is 2.33. The van der Waals surface area contributed by atoms with Crippen LogP contribution in [-0.4, -0.2) is 55.1 Å². The van der Waals surface area contributed by atoms with Gasteiger partial charge in [0.15, 0.2) is 5.11 Å². The normalized spacial score (nSPS) is 18.2. The lowest BCUT2D eigenvalue weighted by molar-refractivity contribution is 0.0730. The summed E-state index contributed by atoms with van der Waals surface area (Å²) in [7, 11) is -3.63. The lowest BCUT2D eigenvalue weighted by atomic mass is 10.1. The van der Waals surface area contributed by atoms with Crippen molar-refractivity contribution in [3.05, 3.63) is 59.1 Å². The van der Waals surface area contributed by atoms with Crippen molar-refractivity contribution >= 4 is 44.6 Å². The summed E-state index contributed by atoms with van der Waals surface area (Å²) in [6.45, 7) is 4.35. The van der Waals surface area contributed by atoms with Crippen LogP contribution in [0, 0.1) is 5.92 Å². The molecule has 1 aliphatic heterocycles. The Balaban J connectivity index is 1.56. The molecule has 2 aliphatic rings. The van der Waals surface area contributed by atoms with Gasteiger partial charge in [0.1, 0.15) is 0 Å². The van der Waals surface area contributed by atoms with Gasteiger partial charge in [-0.15, -0.1) is 0 Å². The minimum Gasteiger partial charge on any atom is -0.379 e. The van der Waals surface area contributed by atoms with E-state index < -0.39 is 10.0 Å². The smallest absolute Gasteiger partial charge is 0.243 e. The predicted octanol–water partition coefficient (Wildman–Crippen LogP) is 4.36. The molecule has 2 aromatic rings. The molecule has 1 atom stereocenters. The van der Waals surface area contributed by atoms with Crippen LogP contribution in [0.15, 0.2) is 53.4 Å². The van der Waals surface area contributed by atoms with Gasteiger partial charge < -0.3 is 15.0 Å². The number of nitrogens with one attached hydrogen (secondary N) is 1. The third kappa shape index (κ3) is 5.43. The third-order valence-electron chi connectivity index (χ3n) is 6.04. The number of sulfonamides is 1. The van der Waals surface area contributed by atoms with Crippen LogP contribution in [-0.2, 0) is 21.3 Å². The number of halogens is 1. The molecule has 1 saturated heterocycles. The summed E-state index contributed by atoms with van der Waals surface area (Å²) in [5.74, 6) is 0.613. The second kappa shape index (κ2) is 10.1. The zero-order valence-corrected chi connectivity index (χ0v) is 20.4. The van der Waals surface area contributed by atoms with Crippen LogP contribution in [0.1, 0.15) is 25.3 Å². The molecule has 32 heavy (non-hydrogen) atoms. The van der Waals surface area contributed by atoms with Gasteiger partial charge in [-0.1, -0.05) is 41.9 Å². The molecule has 1 N–H and O–H groups in total. The van der Waals surface area contributed by atoms with E-state index >= 15 is 0 Å². The Morgan fingerprint density at radius 3 is 2.56 bits per heavy atom. The van der Waals surface area contributed by atoms with Crippen molar-refractivity contribution in [2.75, 3.05) is 31.6 Å². The molecule has 1 unspecified atom stereocenters. The fourth-order valence-corrected chi connectivity index (χ4v) is 5.84. The van der Waals surface area contributed by atoms with Crippen molar-refractivity contribution in [1.82, 2.24) is 9.21 Å². The standard InChI is InChI=1S/C23H28ClN3O3S2/c1-17(19-7-8-19)27(16-18-5-3-2-4-6-18)23(31)25-22-15-20(9-10-21(22)24)32(28,29)26-11-13-30-14-12-26/h2-6,9-10,15,17,19H,7-8,11-14,16H2,1H3,(H,25,31). The number of rotatable bonds is 7. The molecule has 2 aromatic carbocycles. The second-order valence-corrected chi connectivity index (χ2v) is 11.0. The Bertz CT molecular complexity index is 1060. The number of nitrogens with zero attached hydrogens (tertiary/aromatic N) is 2. The van der Waals surface area contributed by atoms with E-state index in [4.69, 9.17) is 28.6 Å². The highest BCUT2D eigenvalue weighted by Crippen LogP contribution is 2.36. The molecule has 0 bridgehead atoms. The van der Waals surface area contributed by atoms with Crippen LogP contribution in [0.5, 0.6) is 0 Å². The molecule has 172 valence electrons. The van der Waals surface area contributed by atoms with Crippen molar-refractivity contribution < 1.29 is 13.2 Å². The molecule has 1 heterocycles. The zero-order valence-electron chi connectivity index (χ0n) is 18.0. The summed E-state index contributed by atoms with van der Waals surface area (Å²) in [6.07, 6.45) is 2.40. The van der Waals surface area contributed by atoms with Crippen molar-refractivity contribution in [1.29, 1.82) is 0 Å². The third-order valence-corrected chi connectivity index (χ3v) is 8.60. The van der Waals surface area contributed by atoms with E-state index in [1.165, 1.54) is 28.8 Å². The monoisotopic (exact) mass is 493 g/mol. The summed E-state index contributed by atoms with van der Waals surface area (Å²) in [5.41, 5.74) is 1.66. The van der Waals surface area contributed by atoms with Crippen LogP contribution < -0.4 is 5.32 Å². The van der Waals surface area contributed by atoms with E-state index in [-0.39, 0.29) is 10.9 Å². The summed E-state index contributed by atoms with van der Waals surface area (Å²) < 4.78 is 32.9. The van der Waals surface area contributed by atoms with Gasteiger partial charge in [-0.2, -0.15) is 4.31 Å². The molecule has 4 rings (SSSR count). The highest BCUT2D eigenvalue weighted by molar-refractivity contribution is 7.89. The van der Waals surface area contributed by atoms with Gasteiger partial charge in [0.2, 0.25) is 10.0 Å². The van der Waals surface area contributed by atoms with Gasteiger partial charge in [0.25, 0.3) is 0 Å². The SMILES string of the molecule is CC(C1CC1)N(Cc1ccccc1)C(=S)Nc1cc(S(=O)(=O)N2CCOCC2)ccc1Cl. The number of morpholine rings is 1. The van der Waals surface area contributed by atoms with Gasteiger partial charge in [-0.3, -0.25) is 0 Å². The molecule has 1 saturated carbocycles. The van der Waals surface area contributed by atoms with Gasteiger partial charge in [-0.25, -0.2) is 8.42 Å². The summed E-state index contributed by atoms with van der Waals surface area (Å²) >= 11 is 12.2. The molecule has 0 spiro atoms. The number of thiocarbonyl (C=S) groups is 1. The Kier molecular flexibility index (Phi) is 7.37. The molecule has 0 aromatic heterocycles. The quantitative estimate of drug-likeness (QED) is 0.578. The number of anilines is 1. The summed E-state index contributed by atoms with van der Waals surface area (Å²) in [6, 6.07) is 15.2. The Labute approximate surface area is 200 Å². The van der Waals surface area contributed by atoms with E-state index in [0.717, 1.165) is 0 Å². The maximum atomic E-state index is 13.1. The molecule has 0 radical (unpaired) electrons. The molecule has 9 heteroatoms. The molecule has 6 nitrogen and oxygen atoms in total. The van der Waals surface area contributed by atoms with Crippen molar-refractivity contribution in [3.63, 3.8) is 0 Å². The second-order valence-electron chi connectivity index (χ2n) is 8.28. The molecule has 1 aliphatic carbocycles. The topological polar surface area (TPSA) is 61.9 Å². The first kappa shape index (κ1) is 23.4. The average Bonchev–Trinajstić information content (AvgIpc) is 3.65. The first-order valence-electron chi connectivity index (χ1n) is 10.9. The van der Waals surface area contributed by atoms with Gasteiger partial charge in [0.05, 0.1) is 28.8 Å². The Morgan fingerprint density at radius 1 is 1.22 bits per heavy atom. The van der Waals surface area contributed by atoms with Crippen molar-refractivity contribution in [3.8, 4) is 0 Å². The van der Waals surface area contributed by atoms with Gasteiger partial charge >= 0.3 is 0 Å². The lowest BCUT2D eigenvalue weighted by Gasteiger charge is -2.32. The summed E-state index contributed by atoms with van der Waals surface area (Å²) in [4.78, 5) is 2.36. The predicted molar refractivity (Wildman–Crippen MR) is 131 cm³/mol. The van der Waals surface area contributed by atoms with Crippen LogP contribution in [0.3, 0.4) is 0 Å². The number of hydrogen-bond acceptors (Lipinski definition) is 4. The Hall–Kier alpha value is -1.71. The maximum Gasteiger partial charge on any atom is 0.243 e. The molecular weight excluding hydrogens is 466 g/mol. The van der Waals surface area contributed by atoms with Gasteiger partial charge in [0, 0.05) is 25.7 Å². The van der Waals surface area contributed by atoms with Gasteiger partial charge in [-0.05, 0) is 61.7 Å². The molecule has 0 amide bonds. The molecular formula is C23H28ClN3O3S2. The largest absolute Gasteiger partial charge is 0.379 e. The number of ether oxygens (including phenoxy) is 1. The van der Waals surface area contributed by atoms with Crippen molar-refractivity contribution in [2.24, 2.45) is 5.92 Å². The van der Waals surface area contributed by atoms with Crippen molar-refractivity contribution in [2.45, 2.75) is 37.2 Å². The Morgan fingerprint density at radius 2 is 1.91 bits per heavy atom. The van der Waals surface area contributed by atoms with Crippen LogP contribution in [0.25, 0.3) is 0 Å². The number of benzene rings is 2. The van der Waals surface area contributed by atoms with E-state index in [2.05, 4.69) is 29.3 Å². The minimum atomic E-state index is -3.63. The first-order chi connectivity index (χ1) is 15.4. The number of hydrogen-bond donors (Lipinski definition) is 1. The van der Waals surface area contributed by atoms with E-state index in [0.29, 0.717) is 54.6 Å². The van der Waals surface area contributed by atoms with Crippen LogP contribution in [0.4, 0.5) is 5.69 Å². The fourth-order valence-electron chi connectivity index (χ4n) is 3.90. The van der Waals surface area contributed by atoms with E-state index in [9.17, 15) is 8.42 Å².